The Balaban J connectivity index is 1.58. The normalized spacial score (nSPS) is 26.7. The third-order valence-electron chi connectivity index (χ3n) is 5.53. The zero-order valence-electron chi connectivity index (χ0n) is 13.1. The molecule has 112 valence electrons. The summed E-state index contributed by atoms with van der Waals surface area (Å²) in [6, 6.07) is 0. The van der Waals surface area contributed by atoms with Crippen molar-refractivity contribution in [3.8, 4) is 0 Å². The second kappa shape index (κ2) is 6.55. The van der Waals surface area contributed by atoms with Crippen LogP contribution in [0.1, 0.15) is 44.9 Å². The van der Waals surface area contributed by atoms with Crippen LogP contribution in [0, 0.1) is 0 Å². The first kappa shape index (κ1) is 15.3. The van der Waals surface area contributed by atoms with Crippen molar-refractivity contribution in [2.45, 2.75) is 51.0 Å². The summed E-state index contributed by atoms with van der Waals surface area (Å²) in [6.45, 7) is 7.79. The molecule has 1 atom stereocenters. The van der Waals surface area contributed by atoms with E-state index in [-0.39, 0.29) is 6.10 Å². The minimum Gasteiger partial charge on any atom is -0.393 e. The topological polar surface area (TPSA) is 20.2 Å². The maximum Gasteiger partial charge on any atom is 0.0809 e. The summed E-state index contributed by atoms with van der Waals surface area (Å²) in [5.74, 6) is 0. The number of likely N-dealkylation sites (tertiary alicyclic amines) is 2. The first-order valence-electron chi connectivity index (χ1n) is 8.37. The molecule has 1 unspecified atom stereocenters. The number of rotatable bonds is 7. The Hall–Kier alpha value is -0.120. The van der Waals surface area contributed by atoms with E-state index in [1.165, 1.54) is 80.3 Å². The smallest absolute Gasteiger partial charge is 0.0809 e. The summed E-state index contributed by atoms with van der Waals surface area (Å²) in [7, 11) is 4.74. The molecule has 0 aromatic carbocycles. The van der Waals surface area contributed by atoms with Crippen molar-refractivity contribution < 1.29 is 14.1 Å². The van der Waals surface area contributed by atoms with Gasteiger partial charge in [0.2, 0.25) is 0 Å². The van der Waals surface area contributed by atoms with E-state index in [9.17, 15) is 5.11 Å². The second-order valence-electron chi connectivity index (χ2n) is 7.58. The Labute approximate surface area is 119 Å². The van der Waals surface area contributed by atoms with Crippen LogP contribution in [-0.2, 0) is 0 Å². The average Bonchev–Trinajstić information content (AvgIpc) is 2.97. The lowest BCUT2D eigenvalue weighted by Gasteiger charge is -2.31. The molecule has 2 saturated heterocycles. The van der Waals surface area contributed by atoms with Crippen LogP contribution in [0.3, 0.4) is 0 Å². The predicted octanol–water partition coefficient (Wildman–Crippen LogP) is 2.00. The Morgan fingerprint density at radius 2 is 1.26 bits per heavy atom. The van der Waals surface area contributed by atoms with Gasteiger partial charge in [0, 0.05) is 32.1 Å². The van der Waals surface area contributed by atoms with Crippen molar-refractivity contribution in [1.29, 1.82) is 0 Å². The highest BCUT2D eigenvalue weighted by Gasteiger charge is 2.28. The van der Waals surface area contributed by atoms with Gasteiger partial charge in [-0.25, -0.2) is 0 Å². The fourth-order valence-electron chi connectivity index (χ4n) is 3.96. The number of aliphatic hydroxyl groups excluding tert-OH is 1. The minimum absolute atomic E-state index is 0.0650. The van der Waals surface area contributed by atoms with Crippen LogP contribution in [0.2, 0.25) is 0 Å². The Bertz CT molecular complexity index is 268. The molecule has 0 aromatic rings. The van der Waals surface area contributed by atoms with Crippen LogP contribution in [0.15, 0.2) is 0 Å². The monoisotopic (exact) mass is 270 g/mol. The van der Waals surface area contributed by atoms with Gasteiger partial charge < -0.3 is 14.1 Å². The molecular weight excluding hydrogens is 236 g/mol. The summed E-state index contributed by atoms with van der Waals surface area (Å²) in [4.78, 5) is 0. The molecule has 0 aliphatic carbocycles. The van der Waals surface area contributed by atoms with Gasteiger partial charge in [-0.15, -0.1) is 0 Å². The van der Waals surface area contributed by atoms with E-state index in [0.29, 0.717) is 0 Å². The zero-order valence-corrected chi connectivity index (χ0v) is 13.1. The molecule has 1 N–H and O–H groups in total. The molecule has 2 heterocycles. The van der Waals surface area contributed by atoms with Crippen molar-refractivity contribution in [2.75, 3.05) is 53.4 Å². The highest BCUT2D eigenvalue weighted by molar-refractivity contribution is 4.60. The molecule has 2 aliphatic heterocycles. The third kappa shape index (κ3) is 4.73. The molecule has 2 aliphatic rings. The maximum absolute atomic E-state index is 10.2. The van der Waals surface area contributed by atoms with E-state index in [4.69, 9.17) is 0 Å². The van der Waals surface area contributed by atoms with Gasteiger partial charge in [0.15, 0.2) is 0 Å². The van der Waals surface area contributed by atoms with E-state index in [1.807, 2.05) is 0 Å². The van der Waals surface area contributed by atoms with Crippen LogP contribution in [0.25, 0.3) is 0 Å². The van der Waals surface area contributed by atoms with Gasteiger partial charge in [-0.3, -0.25) is 0 Å². The first-order valence-corrected chi connectivity index (χ1v) is 8.37. The zero-order chi connectivity index (χ0) is 13.8. The number of quaternary nitrogens is 2. The Morgan fingerprint density at radius 1 is 0.789 bits per heavy atom. The summed E-state index contributed by atoms with van der Waals surface area (Å²) in [5, 5.41) is 10.2. The lowest BCUT2D eigenvalue weighted by molar-refractivity contribution is -0.898. The number of hydrogen-bond acceptors (Lipinski definition) is 1. The molecule has 3 heteroatoms. The maximum atomic E-state index is 10.2. The predicted molar refractivity (Wildman–Crippen MR) is 79.9 cm³/mol. The summed E-state index contributed by atoms with van der Waals surface area (Å²) < 4.78 is 2.45. The molecule has 0 radical (unpaired) electrons. The molecule has 0 aromatic heterocycles. The Morgan fingerprint density at radius 3 is 1.79 bits per heavy atom. The van der Waals surface area contributed by atoms with Crippen molar-refractivity contribution >= 4 is 0 Å². The van der Waals surface area contributed by atoms with Gasteiger partial charge >= 0.3 is 0 Å². The summed E-state index contributed by atoms with van der Waals surface area (Å²) in [6.07, 6.45) is 8.69. The molecule has 0 saturated carbocycles. The summed E-state index contributed by atoms with van der Waals surface area (Å²) >= 11 is 0. The summed E-state index contributed by atoms with van der Waals surface area (Å²) in [5.41, 5.74) is 0. The fraction of sp³-hybridized carbons (Fsp3) is 1.00. The molecule has 19 heavy (non-hydrogen) atoms. The fourth-order valence-corrected chi connectivity index (χ4v) is 3.96. The largest absolute Gasteiger partial charge is 0.393 e. The van der Waals surface area contributed by atoms with Crippen LogP contribution in [-0.4, -0.2) is 73.5 Å². The van der Waals surface area contributed by atoms with Crippen molar-refractivity contribution in [1.82, 2.24) is 0 Å². The average molecular weight is 270 g/mol. The minimum atomic E-state index is -0.0650. The molecule has 0 amide bonds. The second-order valence-corrected chi connectivity index (χ2v) is 7.58. The third-order valence-corrected chi connectivity index (χ3v) is 5.53. The molecule has 0 spiro atoms. The highest BCUT2D eigenvalue weighted by atomic mass is 16.3. The molecular formula is C16H34N2O+2. The lowest BCUT2D eigenvalue weighted by Crippen LogP contribution is -2.43. The Kier molecular flexibility index (Phi) is 5.27. The standard InChI is InChI=1S/C16H34N2O/c1-17(10-3-4-11-17)14-7-8-16(19)9-15-18(2)12-5-6-13-18/h16,19H,3-15H2,1-2H3/q+2. The van der Waals surface area contributed by atoms with Crippen molar-refractivity contribution in [2.24, 2.45) is 0 Å². The van der Waals surface area contributed by atoms with Gasteiger partial charge in [0.05, 0.1) is 59.5 Å². The quantitative estimate of drug-likeness (QED) is 0.702. The number of nitrogens with zero attached hydrogens (tertiary/aromatic N) is 2. The van der Waals surface area contributed by atoms with Crippen LogP contribution < -0.4 is 0 Å². The van der Waals surface area contributed by atoms with Crippen LogP contribution in [0.4, 0.5) is 0 Å². The van der Waals surface area contributed by atoms with Gasteiger partial charge in [-0.1, -0.05) is 0 Å². The molecule has 3 nitrogen and oxygen atoms in total. The van der Waals surface area contributed by atoms with Gasteiger partial charge in [0.25, 0.3) is 0 Å². The van der Waals surface area contributed by atoms with Crippen molar-refractivity contribution in [3.05, 3.63) is 0 Å². The van der Waals surface area contributed by atoms with Crippen LogP contribution in [0.5, 0.6) is 0 Å². The number of hydrogen-bond donors (Lipinski definition) is 1. The van der Waals surface area contributed by atoms with Gasteiger partial charge in [-0.2, -0.15) is 0 Å². The van der Waals surface area contributed by atoms with Gasteiger partial charge in [-0.05, 0) is 12.8 Å². The first-order chi connectivity index (χ1) is 9.02. The lowest BCUT2D eigenvalue weighted by atomic mass is 10.1. The van der Waals surface area contributed by atoms with E-state index < -0.39 is 0 Å². The molecule has 2 fully saturated rings. The van der Waals surface area contributed by atoms with Gasteiger partial charge in [0.1, 0.15) is 0 Å². The molecule has 0 bridgehead atoms. The van der Waals surface area contributed by atoms with E-state index in [0.717, 1.165) is 12.8 Å². The molecule has 2 rings (SSSR count). The number of aliphatic hydroxyl groups is 1. The van der Waals surface area contributed by atoms with E-state index >= 15 is 0 Å². The van der Waals surface area contributed by atoms with Crippen LogP contribution >= 0.6 is 0 Å². The van der Waals surface area contributed by atoms with Crippen molar-refractivity contribution in [3.63, 3.8) is 0 Å². The highest BCUT2D eigenvalue weighted by Crippen LogP contribution is 2.20. The van der Waals surface area contributed by atoms with E-state index in [2.05, 4.69) is 14.1 Å². The van der Waals surface area contributed by atoms with E-state index in [1.54, 1.807) is 0 Å². The SMILES string of the molecule is C[N+]1(CCCC(O)CC[N+]2(C)CCCC2)CCCC1.